The summed E-state index contributed by atoms with van der Waals surface area (Å²) in [7, 11) is 1.59. The number of thiocarbonyl (C=S) groups is 1. The zero-order valence-corrected chi connectivity index (χ0v) is 9.11. The minimum absolute atomic E-state index is 0.546. The summed E-state index contributed by atoms with van der Waals surface area (Å²) in [5, 5.41) is 1.34. The molecular formula is C9H9BrOS. The molecule has 1 nitrogen and oxygen atoms in total. The van der Waals surface area contributed by atoms with Crippen LogP contribution in [-0.4, -0.2) is 12.2 Å². The Morgan fingerprint density at radius 3 is 2.75 bits per heavy atom. The molecule has 0 saturated carbocycles. The monoisotopic (exact) mass is 244 g/mol. The van der Waals surface area contributed by atoms with Gasteiger partial charge in [-0.2, -0.15) is 0 Å². The average Bonchev–Trinajstić information content (AvgIpc) is 2.16. The molecule has 0 fully saturated rings. The van der Waals surface area contributed by atoms with Crippen LogP contribution in [-0.2, 0) is 10.1 Å². The Bertz CT molecular complexity index is 286. The molecule has 0 bridgehead atoms. The Hall–Kier alpha value is -0.410. The van der Waals surface area contributed by atoms with Gasteiger partial charge in [0.15, 0.2) is 5.05 Å². The molecule has 0 amide bonds. The van der Waals surface area contributed by atoms with Crippen LogP contribution in [0.2, 0.25) is 0 Å². The summed E-state index contributed by atoms with van der Waals surface area (Å²) in [6.07, 6.45) is 0. The van der Waals surface area contributed by atoms with Crippen molar-refractivity contribution in [2.24, 2.45) is 0 Å². The molecule has 0 heterocycles. The highest BCUT2D eigenvalue weighted by molar-refractivity contribution is 9.08. The largest absolute Gasteiger partial charge is 0.486 e. The van der Waals surface area contributed by atoms with Crippen LogP contribution in [0.1, 0.15) is 11.1 Å². The van der Waals surface area contributed by atoms with E-state index in [0.717, 1.165) is 16.5 Å². The Morgan fingerprint density at radius 1 is 1.50 bits per heavy atom. The van der Waals surface area contributed by atoms with Crippen LogP contribution < -0.4 is 0 Å². The first-order chi connectivity index (χ1) is 5.79. The number of ether oxygens (including phenoxy) is 1. The minimum Gasteiger partial charge on any atom is -0.486 e. The molecule has 64 valence electrons. The molecule has 1 aromatic carbocycles. The van der Waals surface area contributed by atoms with E-state index in [1.54, 1.807) is 7.11 Å². The average molecular weight is 245 g/mol. The number of hydrogen-bond acceptors (Lipinski definition) is 2. The predicted molar refractivity (Wildman–Crippen MR) is 57.8 cm³/mol. The minimum atomic E-state index is 0.546. The lowest BCUT2D eigenvalue weighted by Crippen LogP contribution is -2.02. The molecule has 0 aliphatic heterocycles. The number of methoxy groups -OCH3 is 1. The van der Waals surface area contributed by atoms with Crippen molar-refractivity contribution in [3.05, 3.63) is 35.4 Å². The second-order valence-electron chi connectivity index (χ2n) is 2.28. The number of rotatable bonds is 2. The smallest absolute Gasteiger partial charge is 0.191 e. The summed E-state index contributed by atoms with van der Waals surface area (Å²) in [6.45, 7) is 0. The fourth-order valence-corrected chi connectivity index (χ4v) is 1.63. The Morgan fingerprint density at radius 2 is 2.17 bits per heavy atom. The van der Waals surface area contributed by atoms with Gasteiger partial charge in [0.1, 0.15) is 0 Å². The summed E-state index contributed by atoms with van der Waals surface area (Å²) >= 11 is 8.42. The van der Waals surface area contributed by atoms with Crippen molar-refractivity contribution < 1.29 is 4.74 Å². The van der Waals surface area contributed by atoms with Crippen molar-refractivity contribution in [3.63, 3.8) is 0 Å². The Balaban J connectivity index is 3.04. The predicted octanol–water partition coefficient (Wildman–Crippen LogP) is 2.90. The number of alkyl halides is 1. The van der Waals surface area contributed by atoms with Crippen molar-refractivity contribution in [1.29, 1.82) is 0 Å². The molecule has 12 heavy (non-hydrogen) atoms. The third-order valence-electron chi connectivity index (χ3n) is 1.57. The third kappa shape index (κ3) is 2.05. The molecule has 0 N–H and O–H groups in total. The van der Waals surface area contributed by atoms with E-state index in [9.17, 15) is 0 Å². The zero-order valence-electron chi connectivity index (χ0n) is 6.71. The van der Waals surface area contributed by atoms with Gasteiger partial charge in [0.05, 0.1) is 7.11 Å². The highest BCUT2D eigenvalue weighted by Crippen LogP contribution is 2.13. The van der Waals surface area contributed by atoms with Crippen molar-refractivity contribution in [1.82, 2.24) is 0 Å². The van der Waals surface area contributed by atoms with Gasteiger partial charge in [-0.15, -0.1) is 0 Å². The highest BCUT2D eigenvalue weighted by atomic mass is 79.9. The molecule has 0 unspecified atom stereocenters. The van der Waals surface area contributed by atoms with E-state index in [0.29, 0.717) is 5.05 Å². The normalized spacial score (nSPS) is 9.50. The molecule has 1 aromatic rings. The number of halogens is 1. The first-order valence-electron chi connectivity index (χ1n) is 3.51. The van der Waals surface area contributed by atoms with E-state index in [4.69, 9.17) is 17.0 Å². The van der Waals surface area contributed by atoms with Gasteiger partial charge in [0, 0.05) is 10.9 Å². The molecule has 0 atom stereocenters. The maximum absolute atomic E-state index is 5.03. The fourth-order valence-electron chi connectivity index (χ4n) is 0.946. The van der Waals surface area contributed by atoms with Crippen molar-refractivity contribution in [3.8, 4) is 0 Å². The molecule has 0 spiro atoms. The van der Waals surface area contributed by atoms with Gasteiger partial charge in [0.25, 0.3) is 0 Å². The van der Waals surface area contributed by atoms with Crippen LogP contribution in [0.5, 0.6) is 0 Å². The van der Waals surface area contributed by atoms with Gasteiger partial charge in [0.2, 0.25) is 0 Å². The van der Waals surface area contributed by atoms with Crippen molar-refractivity contribution >= 4 is 33.2 Å². The molecule has 0 radical (unpaired) electrons. The van der Waals surface area contributed by atoms with E-state index in [1.807, 2.05) is 24.3 Å². The van der Waals surface area contributed by atoms with E-state index < -0.39 is 0 Å². The van der Waals surface area contributed by atoms with Crippen LogP contribution in [0.25, 0.3) is 0 Å². The first kappa shape index (κ1) is 9.68. The number of hydrogen-bond donors (Lipinski definition) is 0. The second kappa shape index (κ2) is 4.58. The summed E-state index contributed by atoms with van der Waals surface area (Å²) in [4.78, 5) is 0. The molecule has 1 rings (SSSR count). The molecule has 0 aliphatic carbocycles. The summed E-state index contributed by atoms with van der Waals surface area (Å²) in [5.74, 6) is 0. The lowest BCUT2D eigenvalue weighted by atomic mass is 10.1. The molecule has 0 aromatic heterocycles. The first-order valence-corrected chi connectivity index (χ1v) is 5.04. The maximum Gasteiger partial charge on any atom is 0.191 e. The van der Waals surface area contributed by atoms with Gasteiger partial charge in [-0.05, 0) is 17.8 Å². The SMILES string of the molecule is COC(=S)c1ccccc1CBr. The topological polar surface area (TPSA) is 9.23 Å². The van der Waals surface area contributed by atoms with Crippen molar-refractivity contribution in [2.45, 2.75) is 5.33 Å². The van der Waals surface area contributed by atoms with E-state index in [2.05, 4.69) is 15.9 Å². The molecule has 3 heteroatoms. The van der Waals surface area contributed by atoms with Gasteiger partial charge in [-0.3, -0.25) is 0 Å². The summed E-state index contributed by atoms with van der Waals surface area (Å²) in [5.41, 5.74) is 2.15. The standard InChI is InChI=1S/C9H9BrOS/c1-11-9(12)8-5-3-2-4-7(8)6-10/h2-5H,6H2,1H3. The molecule has 0 aliphatic rings. The fraction of sp³-hybridized carbons (Fsp3) is 0.222. The van der Waals surface area contributed by atoms with Gasteiger partial charge in [-0.25, -0.2) is 0 Å². The molecule has 0 saturated heterocycles. The van der Waals surface area contributed by atoms with Crippen LogP contribution >= 0.6 is 28.1 Å². The quantitative estimate of drug-likeness (QED) is 0.585. The maximum atomic E-state index is 5.03. The van der Waals surface area contributed by atoms with Gasteiger partial charge < -0.3 is 4.74 Å². The lowest BCUT2D eigenvalue weighted by molar-refractivity contribution is 0.415. The second-order valence-corrected chi connectivity index (χ2v) is 3.21. The summed E-state index contributed by atoms with van der Waals surface area (Å²) < 4.78 is 4.99. The van der Waals surface area contributed by atoms with Gasteiger partial charge >= 0.3 is 0 Å². The lowest BCUT2D eigenvalue weighted by Gasteiger charge is -2.06. The highest BCUT2D eigenvalue weighted by Gasteiger charge is 2.04. The third-order valence-corrected chi connectivity index (χ3v) is 2.56. The number of benzene rings is 1. The van der Waals surface area contributed by atoms with E-state index >= 15 is 0 Å². The van der Waals surface area contributed by atoms with E-state index in [1.165, 1.54) is 0 Å². The zero-order chi connectivity index (χ0) is 8.97. The Kier molecular flexibility index (Phi) is 3.69. The van der Waals surface area contributed by atoms with Crippen molar-refractivity contribution in [2.75, 3.05) is 7.11 Å². The van der Waals surface area contributed by atoms with Crippen LogP contribution in [0.4, 0.5) is 0 Å². The van der Waals surface area contributed by atoms with Gasteiger partial charge in [-0.1, -0.05) is 40.2 Å². The Labute approximate surface area is 85.9 Å². The summed E-state index contributed by atoms with van der Waals surface area (Å²) in [6, 6.07) is 7.92. The van der Waals surface area contributed by atoms with E-state index in [-0.39, 0.29) is 0 Å². The molecular weight excluding hydrogens is 236 g/mol. The van der Waals surface area contributed by atoms with Crippen LogP contribution in [0.15, 0.2) is 24.3 Å². The van der Waals surface area contributed by atoms with Crippen LogP contribution in [0.3, 0.4) is 0 Å². The van der Waals surface area contributed by atoms with Crippen LogP contribution in [0, 0.1) is 0 Å².